The Kier molecular flexibility index (Phi) is 5.38. The third kappa shape index (κ3) is 4.61. The third-order valence-corrected chi connectivity index (χ3v) is 4.61. The molecular weight excluding hydrogens is 433 g/mol. The number of hydrogen-bond donors (Lipinski definition) is 2. The van der Waals surface area contributed by atoms with Gasteiger partial charge < -0.3 is 25.5 Å². The molecule has 0 spiro atoms. The number of ether oxygens (including phenoxy) is 1. The summed E-state index contributed by atoms with van der Waals surface area (Å²) in [6.45, 7) is 0.352. The molecular formula is C19H15F3N6O4. The van der Waals surface area contributed by atoms with Crippen LogP contribution in [0.1, 0.15) is 5.69 Å². The van der Waals surface area contributed by atoms with Gasteiger partial charge in [-0.2, -0.15) is 13.2 Å². The fourth-order valence-corrected chi connectivity index (χ4v) is 3.10. The summed E-state index contributed by atoms with van der Waals surface area (Å²) >= 11 is 0. The van der Waals surface area contributed by atoms with Crippen molar-refractivity contribution in [1.29, 1.82) is 0 Å². The Bertz CT molecular complexity index is 1150. The molecule has 0 aliphatic carbocycles. The van der Waals surface area contributed by atoms with E-state index in [2.05, 4.69) is 20.6 Å². The number of nitrogens with zero attached hydrogens (tertiary/aromatic N) is 4. The van der Waals surface area contributed by atoms with Gasteiger partial charge in [0.05, 0.1) is 12.6 Å². The van der Waals surface area contributed by atoms with Crippen molar-refractivity contribution < 1.29 is 27.6 Å². The zero-order valence-electron chi connectivity index (χ0n) is 16.2. The average molecular weight is 448 g/mol. The van der Waals surface area contributed by atoms with Crippen molar-refractivity contribution in [3.63, 3.8) is 0 Å². The fraction of sp³-hybridized carbons (Fsp3) is 0.211. The first-order valence-electron chi connectivity index (χ1n) is 9.24. The monoisotopic (exact) mass is 448 g/mol. The molecule has 1 aliphatic rings. The zero-order valence-corrected chi connectivity index (χ0v) is 16.2. The van der Waals surface area contributed by atoms with Crippen LogP contribution >= 0.6 is 0 Å². The number of amides is 2. The standard InChI is InChI=1S/C19H15F3N6O4/c20-19(21,22)15-6-3-12(7-23-15)11-1-4-13(5-2-11)24-17(29)25-14-8-27-9-16(28(30)31)26-18(27)32-10-14/h1-7,9,14H,8,10H2,(H2,24,25,29)/t14-/m0/s1. The van der Waals surface area contributed by atoms with Gasteiger partial charge in [-0.1, -0.05) is 18.2 Å². The maximum Gasteiger partial charge on any atom is 0.433 e. The SMILES string of the molecule is O=C(Nc1ccc(-c2ccc(C(F)(F)F)nc2)cc1)N[C@@H]1COc2nc([N+](=O)[O-])cn2C1. The summed E-state index contributed by atoms with van der Waals surface area (Å²) < 4.78 is 44.7. The van der Waals surface area contributed by atoms with E-state index < -0.39 is 28.9 Å². The highest BCUT2D eigenvalue weighted by Crippen LogP contribution is 2.29. The normalized spacial score (nSPS) is 15.4. The Hall–Kier alpha value is -4.16. The quantitative estimate of drug-likeness (QED) is 0.465. The second-order valence-electron chi connectivity index (χ2n) is 6.90. The first kappa shape index (κ1) is 21.1. The first-order chi connectivity index (χ1) is 15.2. The van der Waals surface area contributed by atoms with Gasteiger partial charge in [-0.25, -0.2) is 4.79 Å². The number of fused-ring (bicyclic) bond motifs is 1. The highest BCUT2D eigenvalue weighted by molar-refractivity contribution is 5.89. The number of aromatic nitrogens is 3. The second-order valence-corrected chi connectivity index (χ2v) is 6.90. The zero-order chi connectivity index (χ0) is 22.9. The lowest BCUT2D eigenvalue weighted by atomic mass is 10.1. The number of pyridine rings is 1. The van der Waals surface area contributed by atoms with E-state index in [0.717, 1.165) is 12.3 Å². The van der Waals surface area contributed by atoms with E-state index in [0.29, 0.717) is 16.8 Å². The van der Waals surface area contributed by atoms with Gasteiger partial charge in [-0.3, -0.25) is 9.55 Å². The van der Waals surface area contributed by atoms with Gasteiger partial charge in [0.2, 0.25) is 0 Å². The number of carbonyl (C=O) groups is 1. The minimum atomic E-state index is -4.50. The number of benzene rings is 1. The number of anilines is 1. The molecule has 0 radical (unpaired) electrons. The van der Waals surface area contributed by atoms with Crippen LogP contribution in [0.25, 0.3) is 11.1 Å². The Morgan fingerprint density at radius 3 is 2.53 bits per heavy atom. The van der Waals surface area contributed by atoms with Crippen molar-refractivity contribution >= 4 is 17.5 Å². The Morgan fingerprint density at radius 1 is 1.19 bits per heavy atom. The van der Waals surface area contributed by atoms with Gasteiger partial charge in [0.1, 0.15) is 18.5 Å². The van der Waals surface area contributed by atoms with Gasteiger partial charge in [0.25, 0.3) is 0 Å². The molecule has 3 aromatic rings. The molecule has 2 amide bonds. The summed E-state index contributed by atoms with van der Waals surface area (Å²) in [5.74, 6) is -0.339. The topological polar surface area (TPSA) is 124 Å². The molecule has 10 nitrogen and oxygen atoms in total. The number of nitrogens with one attached hydrogen (secondary N) is 2. The molecule has 1 atom stereocenters. The number of rotatable bonds is 4. The maximum atomic E-state index is 12.6. The summed E-state index contributed by atoms with van der Waals surface area (Å²) in [4.78, 5) is 29.6. The van der Waals surface area contributed by atoms with E-state index in [4.69, 9.17) is 4.74 Å². The van der Waals surface area contributed by atoms with Crippen molar-refractivity contribution in [2.45, 2.75) is 18.8 Å². The van der Waals surface area contributed by atoms with E-state index in [9.17, 15) is 28.1 Å². The molecule has 0 saturated carbocycles. The number of hydrogen-bond acceptors (Lipinski definition) is 6. The average Bonchev–Trinajstić information content (AvgIpc) is 3.18. The summed E-state index contributed by atoms with van der Waals surface area (Å²) in [6, 6.07) is 7.87. The Balaban J connectivity index is 1.34. The van der Waals surface area contributed by atoms with Gasteiger partial charge in [-0.15, -0.1) is 0 Å². The van der Waals surface area contributed by atoms with Crippen molar-refractivity contribution in [3.05, 3.63) is 64.6 Å². The van der Waals surface area contributed by atoms with Crippen LogP contribution in [0.4, 0.5) is 29.5 Å². The fourth-order valence-electron chi connectivity index (χ4n) is 3.10. The summed E-state index contributed by atoms with van der Waals surface area (Å²) in [6.07, 6.45) is -2.14. The summed E-state index contributed by atoms with van der Waals surface area (Å²) in [7, 11) is 0. The van der Waals surface area contributed by atoms with E-state index in [1.807, 2.05) is 0 Å². The Labute approximate surface area is 178 Å². The number of nitro groups is 1. The van der Waals surface area contributed by atoms with E-state index >= 15 is 0 Å². The van der Waals surface area contributed by atoms with Crippen LogP contribution < -0.4 is 15.4 Å². The Morgan fingerprint density at radius 2 is 1.91 bits per heavy atom. The number of urea groups is 1. The molecule has 166 valence electrons. The molecule has 0 unspecified atom stereocenters. The smallest absolute Gasteiger partial charge is 0.433 e. The van der Waals surface area contributed by atoms with E-state index in [1.54, 1.807) is 24.3 Å². The predicted molar refractivity (Wildman–Crippen MR) is 105 cm³/mol. The lowest BCUT2D eigenvalue weighted by Crippen LogP contribution is -2.46. The van der Waals surface area contributed by atoms with E-state index in [-0.39, 0.29) is 25.0 Å². The molecule has 0 fully saturated rings. The van der Waals surface area contributed by atoms with Crippen molar-refractivity contribution in [3.8, 4) is 17.1 Å². The third-order valence-electron chi connectivity index (χ3n) is 4.61. The maximum absolute atomic E-state index is 12.6. The molecule has 3 heterocycles. The lowest BCUT2D eigenvalue weighted by Gasteiger charge is -2.23. The molecule has 1 aliphatic heterocycles. The van der Waals surface area contributed by atoms with Crippen LogP contribution in [0.5, 0.6) is 6.01 Å². The van der Waals surface area contributed by atoms with Crippen LogP contribution in [-0.2, 0) is 12.7 Å². The van der Waals surface area contributed by atoms with Crippen LogP contribution in [0.3, 0.4) is 0 Å². The second kappa shape index (κ2) is 8.17. The lowest BCUT2D eigenvalue weighted by molar-refractivity contribution is -0.389. The van der Waals surface area contributed by atoms with Crippen molar-refractivity contribution in [2.24, 2.45) is 0 Å². The van der Waals surface area contributed by atoms with Gasteiger partial charge in [-0.05, 0) is 28.7 Å². The molecule has 1 aromatic carbocycles. The van der Waals surface area contributed by atoms with Crippen molar-refractivity contribution in [1.82, 2.24) is 19.9 Å². The minimum absolute atomic E-state index is 0.0987. The largest absolute Gasteiger partial charge is 0.444 e. The van der Waals surface area contributed by atoms with Gasteiger partial charge >= 0.3 is 24.0 Å². The highest BCUT2D eigenvalue weighted by atomic mass is 19.4. The predicted octanol–water partition coefficient (Wildman–Crippen LogP) is 3.45. The minimum Gasteiger partial charge on any atom is -0.444 e. The number of imidazole rings is 1. The number of alkyl halides is 3. The molecule has 2 aromatic heterocycles. The molecule has 4 rings (SSSR count). The highest BCUT2D eigenvalue weighted by Gasteiger charge is 2.32. The van der Waals surface area contributed by atoms with Gasteiger partial charge in [0.15, 0.2) is 0 Å². The molecule has 2 N–H and O–H groups in total. The summed E-state index contributed by atoms with van der Waals surface area (Å²) in [5, 5.41) is 16.1. The van der Waals surface area contributed by atoms with Crippen LogP contribution in [-0.4, -0.2) is 38.1 Å². The van der Waals surface area contributed by atoms with E-state index in [1.165, 1.54) is 16.8 Å². The van der Waals surface area contributed by atoms with Crippen LogP contribution in [0, 0.1) is 10.1 Å². The van der Waals surface area contributed by atoms with Crippen molar-refractivity contribution in [2.75, 3.05) is 11.9 Å². The molecule has 0 saturated heterocycles. The first-order valence-corrected chi connectivity index (χ1v) is 9.24. The summed E-state index contributed by atoms with van der Waals surface area (Å²) in [5.41, 5.74) is 0.618. The molecule has 0 bridgehead atoms. The molecule has 13 heteroatoms. The number of halogens is 3. The van der Waals surface area contributed by atoms with Crippen LogP contribution in [0.2, 0.25) is 0 Å². The van der Waals surface area contributed by atoms with Crippen LogP contribution in [0.15, 0.2) is 48.8 Å². The number of carbonyl (C=O) groups excluding carboxylic acids is 1. The van der Waals surface area contributed by atoms with Gasteiger partial charge in [0, 0.05) is 22.4 Å². The molecule has 32 heavy (non-hydrogen) atoms.